The van der Waals surface area contributed by atoms with Crippen molar-refractivity contribution in [3.63, 3.8) is 0 Å². The van der Waals surface area contributed by atoms with Crippen molar-refractivity contribution in [3.8, 4) is 0 Å². The van der Waals surface area contributed by atoms with Crippen LogP contribution in [0.25, 0.3) is 0 Å². The van der Waals surface area contributed by atoms with Gasteiger partial charge in [0, 0.05) is 6.54 Å². The van der Waals surface area contributed by atoms with Crippen LogP contribution in [-0.4, -0.2) is 31.8 Å². The number of nitrogens with one attached hydrogen (secondary N) is 1. The van der Waals surface area contributed by atoms with Gasteiger partial charge in [-0.25, -0.2) is 4.39 Å². The lowest BCUT2D eigenvalue weighted by Gasteiger charge is -2.23. The summed E-state index contributed by atoms with van der Waals surface area (Å²) in [6, 6.07) is -0.299. The lowest BCUT2D eigenvalue weighted by Crippen LogP contribution is -2.45. The van der Waals surface area contributed by atoms with Crippen LogP contribution in [0, 0.1) is 0 Å². The fourth-order valence-electron chi connectivity index (χ4n) is 1.17. The molecule has 1 fully saturated rings. The molecule has 1 rings (SSSR count). The molecule has 1 heterocycles. The van der Waals surface area contributed by atoms with Crippen LogP contribution in [0.1, 0.15) is 12.8 Å². The molecule has 72 valence electrons. The zero-order valence-electron chi connectivity index (χ0n) is 6.88. The number of methoxy groups -OCH3 is 1. The normalized spacial score (nSPS) is 28.8. The smallest absolute Gasteiger partial charge is 0.322 e. The van der Waals surface area contributed by atoms with E-state index >= 15 is 0 Å². The van der Waals surface area contributed by atoms with Gasteiger partial charge in [0.25, 0.3) is 0 Å². The molecule has 0 radical (unpaired) electrons. The van der Waals surface area contributed by atoms with Crippen LogP contribution < -0.4 is 5.32 Å². The molecule has 0 aliphatic carbocycles. The van der Waals surface area contributed by atoms with E-state index in [2.05, 4.69) is 10.1 Å². The fourth-order valence-corrected chi connectivity index (χ4v) is 1.17. The summed E-state index contributed by atoms with van der Waals surface area (Å²) < 4.78 is 17.0. The maximum Gasteiger partial charge on any atom is 0.322 e. The minimum Gasteiger partial charge on any atom is -0.468 e. The Morgan fingerprint density at radius 1 is 1.58 bits per heavy atom. The average Bonchev–Trinajstić information content (AvgIpc) is 2.05. The van der Waals surface area contributed by atoms with Gasteiger partial charge >= 0.3 is 5.97 Å². The lowest BCUT2D eigenvalue weighted by atomic mass is 10.0. The number of ether oxygens (including phenoxy) is 1. The highest BCUT2D eigenvalue weighted by atomic mass is 35.5. The standard InChI is InChI=1S/C7H12FNO2.ClH/c1-11-7(10)6-3-2-5(8)4-9-6;/h5-6,9H,2-4H2,1H3;1H/t5-,6+;/m1./s1. The summed E-state index contributed by atoms with van der Waals surface area (Å²) in [5.74, 6) is -0.295. The molecule has 0 amide bonds. The van der Waals surface area contributed by atoms with Crippen LogP contribution in [0.2, 0.25) is 0 Å². The first-order valence-corrected chi connectivity index (χ1v) is 3.69. The molecule has 2 atom stereocenters. The molecule has 0 unspecified atom stereocenters. The van der Waals surface area contributed by atoms with Gasteiger partial charge in [-0.05, 0) is 12.8 Å². The molecule has 5 heteroatoms. The predicted molar refractivity (Wildman–Crippen MR) is 45.2 cm³/mol. The van der Waals surface area contributed by atoms with Crippen molar-refractivity contribution >= 4 is 18.4 Å². The second-order valence-corrected chi connectivity index (χ2v) is 2.66. The molecule has 12 heavy (non-hydrogen) atoms. The SMILES string of the molecule is COC(=O)[C@@H]1CC[C@@H](F)CN1.Cl. The van der Waals surface area contributed by atoms with Crippen LogP contribution in [0.15, 0.2) is 0 Å². The highest BCUT2D eigenvalue weighted by Crippen LogP contribution is 2.11. The molecule has 3 nitrogen and oxygen atoms in total. The van der Waals surface area contributed by atoms with Gasteiger partial charge in [0.15, 0.2) is 0 Å². The second kappa shape index (κ2) is 5.32. The van der Waals surface area contributed by atoms with E-state index in [1.165, 1.54) is 7.11 Å². The van der Waals surface area contributed by atoms with Crippen LogP contribution in [-0.2, 0) is 9.53 Å². The third-order valence-corrected chi connectivity index (χ3v) is 1.84. The quantitative estimate of drug-likeness (QED) is 0.628. The van der Waals surface area contributed by atoms with Crippen LogP contribution >= 0.6 is 12.4 Å². The van der Waals surface area contributed by atoms with Gasteiger partial charge in [0.2, 0.25) is 0 Å². The minimum absolute atomic E-state index is 0. The van der Waals surface area contributed by atoms with Gasteiger partial charge in [-0.15, -0.1) is 12.4 Å². The summed E-state index contributed by atoms with van der Waals surface area (Å²) in [6.45, 7) is 0.264. The monoisotopic (exact) mass is 197 g/mol. The molecule has 0 spiro atoms. The molecule has 0 aromatic rings. The summed E-state index contributed by atoms with van der Waals surface area (Å²) in [5.41, 5.74) is 0. The topological polar surface area (TPSA) is 38.3 Å². The lowest BCUT2D eigenvalue weighted by molar-refractivity contribution is -0.144. The van der Waals surface area contributed by atoms with E-state index in [0.717, 1.165) is 0 Å². The number of esters is 1. The number of alkyl halides is 1. The second-order valence-electron chi connectivity index (χ2n) is 2.66. The first-order valence-electron chi connectivity index (χ1n) is 3.69. The molecular formula is C7H13ClFNO2. The van der Waals surface area contributed by atoms with Crippen LogP contribution in [0.3, 0.4) is 0 Å². The molecule has 1 aliphatic heterocycles. The summed E-state index contributed by atoms with van der Waals surface area (Å²) in [6.07, 6.45) is 0.177. The first kappa shape index (κ1) is 11.6. The van der Waals surface area contributed by atoms with Crippen molar-refractivity contribution in [1.29, 1.82) is 0 Å². The van der Waals surface area contributed by atoms with Crippen molar-refractivity contribution in [1.82, 2.24) is 5.32 Å². The number of hydrogen-bond donors (Lipinski definition) is 1. The van der Waals surface area contributed by atoms with E-state index < -0.39 is 6.17 Å². The Labute approximate surface area is 77.1 Å². The Morgan fingerprint density at radius 2 is 2.25 bits per heavy atom. The third-order valence-electron chi connectivity index (χ3n) is 1.84. The van der Waals surface area contributed by atoms with Crippen LogP contribution in [0.5, 0.6) is 0 Å². The van der Waals surface area contributed by atoms with Crippen LogP contribution in [0.4, 0.5) is 4.39 Å². The van der Waals surface area contributed by atoms with Crippen molar-refractivity contribution < 1.29 is 13.9 Å². The third kappa shape index (κ3) is 2.95. The minimum atomic E-state index is -0.809. The molecule has 1 saturated heterocycles. The van der Waals surface area contributed by atoms with Gasteiger partial charge in [0.1, 0.15) is 12.2 Å². The number of carbonyl (C=O) groups is 1. The van der Waals surface area contributed by atoms with E-state index in [-0.39, 0.29) is 31.0 Å². The molecule has 1 aliphatic rings. The summed E-state index contributed by atoms with van der Waals surface area (Å²) >= 11 is 0. The molecule has 0 aromatic heterocycles. The number of piperidine rings is 1. The van der Waals surface area contributed by atoms with E-state index in [1.54, 1.807) is 0 Å². The number of halogens is 2. The zero-order valence-corrected chi connectivity index (χ0v) is 7.70. The van der Waals surface area contributed by atoms with E-state index in [0.29, 0.717) is 12.8 Å². The zero-order chi connectivity index (χ0) is 8.27. The van der Waals surface area contributed by atoms with E-state index in [1.807, 2.05) is 0 Å². The summed E-state index contributed by atoms with van der Waals surface area (Å²) in [4.78, 5) is 10.9. The molecule has 0 saturated carbocycles. The summed E-state index contributed by atoms with van der Waals surface area (Å²) in [7, 11) is 1.34. The molecule has 0 aromatic carbocycles. The Hall–Kier alpha value is -0.350. The Morgan fingerprint density at radius 3 is 2.67 bits per heavy atom. The number of hydrogen-bond acceptors (Lipinski definition) is 3. The van der Waals surface area contributed by atoms with Gasteiger partial charge in [-0.3, -0.25) is 4.79 Å². The maximum atomic E-state index is 12.5. The summed E-state index contributed by atoms with van der Waals surface area (Å²) in [5, 5.41) is 2.77. The van der Waals surface area contributed by atoms with Crippen molar-refractivity contribution in [2.75, 3.05) is 13.7 Å². The molecule has 0 bridgehead atoms. The van der Waals surface area contributed by atoms with Gasteiger partial charge < -0.3 is 10.1 Å². The largest absolute Gasteiger partial charge is 0.468 e. The van der Waals surface area contributed by atoms with Crippen molar-refractivity contribution in [2.45, 2.75) is 25.1 Å². The Balaban J connectivity index is 0.00000121. The fraction of sp³-hybridized carbons (Fsp3) is 0.857. The van der Waals surface area contributed by atoms with Crippen molar-refractivity contribution in [2.24, 2.45) is 0 Å². The maximum absolute atomic E-state index is 12.5. The first-order chi connectivity index (χ1) is 5.24. The molecule has 1 N–H and O–H groups in total. The van der Waals surface area contributed by atoms with Crippen molar-refractivity contribution in [3.05, 3.63) is 0 Å². The highest BCUT2D eigenvalue weighted by molar-refractivity contribution is 5.85. The highest BCUT2D eigenvalue weighted by Gasteiger charge is 2.25. The van der Waals surface area contributed by atoms with E-state index in [4.69, 9.17) is 0 Å². The van der Waals surface area contributed by atoms with Gasteiger partial charge in [-0.1, -0.05) is 0 Å². The number of rotatable bonds is 1. The van der Waals surface area contributed by atoms with Gasteiger partial charge in [-0.2, -0.15) is 0 Å². The van der Waals surface area contributed by atoms with Gasteiger partial charge in [0.05, 0.1) is 7.11 Å². The Bertz CT molecular complexity index is 148. The van der Waals surface area contributed by atoms with E-state index in [9.17, 15) is 9.18 Å². The number of carbonyl (C=O) groups excluding carboxylic acids is 1. The average molecular weight is 198 g/mol. The molecular weight excluding hydrogens is 185 g/mol. The predicted octanol–water partition coefficient (Wildman–Crippen LogP) is 0.671. The Kier molecular flexibility index (Phi) is 5.17.